The molecule has 0 aliphatic heterocycles. The Morgan fingerprint density at radius 2 is 2.25 bits per heavy atom. The van der Waals surface area contributed by atoms with Gasteiger partial charge in [0.05, 0.1) is 7.11 Å². The number of nitrogens with one attached hydrogen (secondary N) is 1. The second-order valence-electron chi connectivity index (χ2n) is 3.74. The SMILES string of the molecule is COc1c(NN)ncnc1SCCC(C)C. The Morgan fingerprint density at radius 3 is 2.81 bits per heavy atom. The van der Waals surface area contributed by atoms with Crippen molar-refractivity contribution in [2.24, 2.45) is 11.8 Å². The number of rotatable bonds is 6. The van der Waals surface area contributed by atoms with Crippen LogP contribution in [0.4, 0.5) is 5.82 Å². The van der Waals surface area contributed by atoms with Crippen molar-refractivity contribution in [3.63, 3.8) is 0 Å². The molecule has 0 bridgehead atoms. The van der Waals surface area contributed by atoms with Gasteiger partial charge in [-0.1, -0.05) is 13.8 Å². The molecule has 0 spiro atoms. The first-order valence-electron chi connectivity index (χ1n) is 5.17. The van der Waals surface area contributed by atoms with Gasteiger partial charge < -0.3 is 10.2 Å². The minimum Gasteiger partial charge on any atom is -0.490 e. The number of hydrazine groups is 1. The first-order chi connectivity index (χ1) is 7.69. The van der Waals surface area contributed by atoms with Gasteiger partial charge >= 0.3 is 0 Å². The maximum Gasteiger partial charge on any atom is 0.195 e. The van der Waals surface area contributed by atoms with Crippen molar-refractivity contribution in [3.8, 4) is 5.75 Å². The maximum absolute atomic E-state index is 5.34. The first kappa shape index (κ1) is 13.1. The van der Waals surface area contributed by atoms with Crippen LogP contribution in [-0.4, -0.2) is 22.8 Å². The molecule has 0 aliphatic carbocycles. The van der Waals surface area contributed by atoms with Crippen molar-refractivity contribution < 1.29 is 4.74 Å². The summed E-state index contributed by atoms with van der Waals surface area (Å²) in [6, 6.07) is 0. The molecule has 16 heavy (non-hydrogen) atoms. The molecule has 0 amide bonds. The van der Waals surface area contributed by atoms with E-state index in [1.54, 1.807) is 18.9 Å². The van der Waals surface area contributed by atoms with Crippen LogP contribution in [0.1, 0.15) is 20.3 Å². The second kappa shape index (κ2) is 6.55. The number of anilines is 1. The molecular formula is C10H18N4OS. The lowest BCUT2D eigenvalue weighted by atomic mass is 10.2. The summed E-state index contributed by atoms with van der Waals surface area (Å²) in [5, 5.41) is 0.825. The van der Waals surface area contributed by atoms with Gasteiger partial charge in [0.2, 0.25) is 0 Å². The molecule has 0 radical (unpaired) electrons. The van der Waals surface area contributed by atoms with Crippen molar-refractivity contribution in [2.45, 2.75) is 25.3 Å². The van der Waals surface area contributed by atoms with Gasteiger partial charge in [-0.25, -0.2) is 15.8 Å². The summed E-state index contributed by atoms with van der Waals surface area (Å²) in [4.78, 5) is 8.17. The summed E-state index contributed by atoms with van der Waals surface area (Å²) in [5.74, 6) is 8.17. The second-order valence-corrected chi connectivity index (χ2v) is 4.82. The molecule has 1 rings (SSSR count). The van der Waals surface area contributed by atoms with Gasteiger partial charge in [-0.3, -0.25) is 0 Å². The van der Waals surface area contributed by atoms with Crippen molar-refractivity contribution in [3.05, 3.63) is 6.33 Å². The van der Waals surface area contributed by atoms with Crippen molar-refractivity contribution in [1.82, 2.24) is 9.97 Å². The standard InChI is InChI=1S/C10H18N4OS/c1-7(2)4-5-16-10-8(15-3)9(14-11)12-6-13-10/h6-7H,4-5,11H2,1-3H3,(H,12,13,14). The molecule has 0 aliphatic rings. The number of ether oxygens (including phenoxy) is 1. The smallest absolute Gasteiger partial charge is 0.195 e. The summed E-state index contributed by atoms with van der Waals surface area (Å²) in [6.45, 7) is 4.40. The Hall–Kier alpha value is -1.01. The molecule has 0 saturated heterocycles. The maximum atomic E-state index is 5.34. The molecule has 0 saturated carbocycles. The Morgan fingerprint density at radius 1 is 1.50 bits per heavy atom. The van der Waals surface area contributed by atoms with E-state index < -0.39 is 0 Å². The molecule has 0 fully saturated rings. The van der Waals surface area contributed by atoms with Crippen LogP contribution in [0.15, 0.2) is 11.4 Å². The molecule has 0 aromatic carbocycles. The molecule has 5 nitrogen and oxygen atoms in total. The van der Waals surface area contributed by atoms with Gasteiger partial charge in [0.15, 0.2) is 11.6 Å². The van der Waals surface area contributed by atoms with E-state index >= 15 is 0 Å². The van der Waals surface area contributed by atoms with Crippen LogP contribution in [-0.2, 0) is 0 Å². The average molecular weight is 242 g/mol. The lowest BCUT2D eigenvalue weighted by molar-refractivity contribution is 0.400. The number of nitrogen functional groups attached to an aromatic ring is 1. The Balaban J connectivity index is 2.71. The molecule has 3 N–H and O–H groups in total. The van der Waals surface area contributed by atoms with Gasteiger partial charge in [0, 0.05) is 0 Å². The van der Waals surface area contributed by atoms with Gasteiger partial charge in [0.25, 0.3) is 0 Å². The zero-order chi connectivity index (χ0) is 12.0. The predicted octanol–water partition coefficient (Wildman–Crippen LogP) is 1.91. The van der Waals surface area contributed by atoms with E-state index in [-0.39, 0.29) is 0 Å². The van der Waals surface area contributed by atoms with Crippen LogP contribution in [0.25, 0.3) is 0 Å². The van der Waals surface area contributed by atoms with E-state index in [1.165, 1.54) is 6.33 Å². The minimum atomic E-state index is 0.518. The quantitative estimate of drug-likeness (QED) is 0.343. The third-order valence-corrected chi connectivity index (χ3v) is 3.05. The van der Waals surface area contributed by atoms with Crippen LogP contribution in [0.5, 0.6) is 5.75 Å². The number of hydrogen-bond acceptors (Lipinski definition) is 6. The average Bonchev–Trinajstić information content (AvgIpc) is 2.28. The summed E-state index contributed by atoms with van der Waals surface area (Å²) in [7, 11) is 1.59. The van der Waals surface area contributed by atoms with Gasteiger partial charge in [-0.15, -0.1) is 11.8 Å². The third-order valence-electron chi connectivity index (χ3n) is 2.05. The summed E-state index contributed by atoms with van der Waals surface area (Å²) >= 11 is 1.66. The van der Waals surface area contributed by atoms with E-state index in [0.29, 0.717) is 17.5 Å². The number of thioether (sulfide) groups is 1. The zero-order valence-corrected chi connectivity index (χ0v) is 10.7. The van der Waals surface area contributed by atoms with E-state index in [2.05, 4.69) is 29.2 Å². The Kier molecular flexibility index (Phi) is 5.34. The Labute approximate surface area is 100 Å². The Bertz CT molecular complexity index is 333. The molecule has 0 atom stereocenters. The minimum absolute atomic E-state index is 0.518. The van der Waals surface area contributed by atoms with Gasteiger partial charge in [0.1, 0.15) is 11.4 Å². The third kappa shape index (κ3) is 3.53. The zero-order valence-electron chi connectivity index (χ0n) is 9.86. The number of aromatic nitrogens is 2. The normalized spacial score (nSPS) is 10.6. The first-order valence-corrected chi connectivity index (χ1v) is 6.16. The number of hydrogen-bond donors (Lipinski definition) is 2. The lowest BCUT2D eigenvalue weighted by Crippen LogP contribution is -2.11. The fourth-order valence-corrected chi connectivity index (χ4v) is 2.35. The number of nitrogens with zero attached hydrogens (tertiary/aromatic N) is 2. The van der Waals surface area contributed by atoms with Crippen molar-refractivity contribution >= 4 is 17.6 Å². The lowest BCUT2D eigenvalue weighted by Gasteiger charge is -2.10. The number of nitrogens with two attached hydrogens (primary N) is 1. The highest BCUT2D eigenvalue weighted by atomic mass is 32.2. The molecule has 1 heterocycles. The van der Waals surface area contributed by atoms with Crippen LogP contribution in [0, 0.1) is 5.92 Å². The predicted molar refractivity (Wildman–Crippen MR) is 66.6 cm³/mol. The summed E-state index contributed by atoms with van der Waals surface area (Å²) in [5.41, 5.74) is 2.50. The van der Waals surface area contributed by atoms with Gasteiger partial charge in [-0.2, -0.15) is 0 Å². The van der Waals surface area contributed by atoms with Crippen LogP contribution in [0.2, 0.25) is 0 Å². The highest BCUT2D eigenvalue weighted by Crippen LogP contribution is 2.32. The summed E-state index contributed by atoms with van der Waals surface area (Å²) < 4.78 is 5.24. The van der Waals surface area contributed by atoms with E-state index in [0.717, 1.165) is 17.2 Å². The monoisotopic (exact) mass is 242 g/mol. The topological polar surface area (TPSA) is 73.1 Å². The van der Waals surface area contributed by atoms with Crippen LogP contribution < -0.4 is 16.0 Å². The molecule has 90 valence electrons. The highest BCUT2D eigenvalue weighted by Gasteiger charge is 2.11. The largest absolute Gasteiger partial charge is 0.490 e. The van der Waals surface area contributed by atoms with E-state index in [1.807, 2.05) is 0 Å². The number of methoxy groups -OCH3 is 1. The molecular weight excluding hydrogens is 224 g/mol. The fraction of sp³-hybridized carbons (Fsp3) is 0.600. The highest BCUT2D eigenvalue weighted by molar-refractivity contribution is 7.99. The van der Waals surface area contributed by atoms with Crippen molar-refractivity contribution in [2.75, 3.05) is 18.3 Å². The molecule has 0 unspecified atom stereocenters. The van der Waals surface area contributed by atoms with Crippen molar-refractivity contribution in [1.29, 1.82) is 0 Å². The van der Waals surface area contributed by atoms with E-state index in [4.69, 9.17) is 10.6 Å². The van der Waals surface area contributed by atoms with Crippen LogP contribution >= 0.6 is 11.8 Å². The summed E-state index contributed by atoms with van der Waals surface area (Å²) in [6.07, 6.45) is 2.62. The van der Waals surface area contributed by atoms with E-state index in [9.17, 15) is 0 Å². The molecule has 1 aromatic heterocycles. The van der Waals surface area contributed by atoms with Gasteiger partial charge in [-0.05, 0) is 18.1 Å². The molecule has 1 aromatic rings. The van der Waals surface area contributed by atoms with Crippen LogP contribution in [0.3, 0.4) is 0 Å². The molecule has 6 heteroatoms. The fourth-order valence-electron chi connectivity index (χ4n) is 1.14.